The first-order valence-electron chi connectivity index (χ1n) is 9.15. The maximum atomic E-state index is 12.9. The Morgan fingerprint density at radius 3 is 2.88 bits per heavy atom. The molecule has 5 heteroatoms. The van der Waals surface area contributed by atoms with Crippen molar-refractivity contribution in [2.75, 3.05) is 13.1 Å². The lowest BCUT2D eigenvalue weighted by atomic mass is 9.72. The Bertz CT molecular complexity index is 775. The van der Waals surface area contributed by atoms with Crippen LogP contribution < -0.4 is 0 Å². The maximum absolute atomic E-state index is 12.9. The number of hydrogen-bond donors (Lipinski definition) is 1. The number of aromatic nitrogens is 1. The molecule has 5 nitrogen and oxygen atoms in total. The summed E-state index contributed by atoms with van der Waals surface area (Å²) >= 11 is 0. The smallest absolute Gasteiger partial charge is 0.259 e. The molecule has 2 aliphatic rings. The van der Waals surface area contributed by atoms with Crippen molar-refractivity contribution in [1.29, 1.82) is 0 Å². The highest BCUT2D eigenvalue weighted by Gasteiger charge is 2.48. The van der Waals surface area contributed by atoms with Gasteiger partial charge in [-0.1, -0.05) is 36.3 Å². The number of nitrogens with zero attached hydrogens (tertiary/aromatic N) is 2. The number of aryl methyl sites for hydroxylation is 1. The van der Waals surface area contributed by atoms with Crippen LogP contribution in [0.15, 0.2) is 35.0 Å². The first-order valence-corrected chi connectivity index (χ1v) is 9.15. The number of rotatable bonds is 3. The average molecular weight is 340 g/mol. The third-order valence-corrected chi connectivity index (χ3v) is 5.90. The molecule has 1 aromatic heterocycles. The fraction of sp³-hybridized carbons (Fsp3) is 0.500. The van der Waals surface area contributed by atoms with Crippen molar-refractivity contribution in [3.8, 4) is 0 Å². The van der Waals surface area contributed by atoms with Gasteiger partial charge in [-0.05, 0) is 36.8 Å². The minimum Gasteiger partial charge on any atom is -0.392 e. The number of benzene rings is 1. The summed E-state index contributed by atoms with van der Waals surface area (Å²) in [6, 6.07) is 8.33. The first-order chi connectivity index (χ1) is 12.2. The van der Waals surface area contributed by atoms with Crippen LogP contribution in [0.4, 0.5) is 0 Å². The maximum Gasteiger partial charge on any atom is 0.259 e. The zero-order chi connectivity index (χ0) is 17.4. The van der Waals surface area contributed by atoms with E-state index in [1.54, 1.807) is 0 Å². The van der Waals surface area contributed by atoms with Crippen LogP contribution in [0.2, 0.25) is 0 Å². The largest absolute Gasteiger partial charge is 0.392 e. The fourth-order valence-corrected chi connectivity index (χ4v) is 4.49. The Balaban J connectivity index is 1.52. The number of amides is 1. The summed E-state index contributed by atoms with van der Waals surface area (Å²) in [4.78, 5) is 14.7. The molecule has 1 aliphatic carbocycles. The molecule has 1 spiro atoms. The van der Waals surface area contributed by atoms with Gasteiger partial charge in [0.15, 0.2) is 0 Å². The number of hydrogen-bond acceptors (Lipinski definition) is 4. The van der Waals surface area contributed by atoms with Crippen LogP contribution in [0, 0.1) is 0 Å². The summed E-state index contributed by atoms with van der Waals surface area (Å²) in [5.74, 6) is 0.680. The second-order valence-corrected chi connectivity index (χ2v) is 7.24. The second kappa shape index (κ2) is 6.30. The van der Waals surface area contributed by atoms with E-state index in [9.17, 15) is 9.90 Å². The molecular weight excluding hydrogens is 316 g/mol. The Hall–Kier alpha value is -2.14. The molecule has 1 N–H and O–H groups in total. The number of aliphatic hydroxyl groups excluding tert-OH is 1. The fourth-order valence-electron chi connectivity index (χ4n) is 4.49. The van der Waals surface area contributed by atoms with E-state index in [-0.39, 0.29) is 17.4 Å². The molecule has 132 valence electrons. The van der Waals surface area contributed by atoms with Gasteiger partial charge in [0, 0.05) is 24.9 Å². The molecule has 1 fully saturated rings. The van der Waals surface area contributed by atoms with Crippen molar-refractivity contribution >= 4 is 5.91 Å². The van der Waals surface area contributed by atoms with Gasteiger partial charge in [0.1, 0.15) is 11.3 Å². The van der Waals surface area contributed by atoms with Gasteiger partial charge in [0.25, 0.3) is 5.91 Å². The lowest BCUT2D eigenvalue weighted by Gasteiger charge is -2.42. The zero-order valence-corrected chi connectivity index (χ0v) is 14.6. The van der Waals surface area contributed by atoms with Crippen molar-refractivity contribution in [3.05, 3.63) is 52.9 Å². The van der Waals surface area contributed by atoms with Crippen LogP contribution in [0.1, 0.15) is 53.4 Å². The Labute approximate surface area is 147 Å². The molecule has 1 aromatic carbocycles. The lowest BCUT2D eigenvalue weighted by molar-refractivity contribution is 0.0364. The first kappa shape index (κ1) is 16.3. The lowest BCUT2D eigenvalue weighted by Crippen LogP contribution is -2.49. The van der Waals surface area contributed by atoms with Gasteiger partial charge in [0.05, 0.1) is 12.3 Å². The molecule has 25 heavy (non-hydrogen) atoms. The van der Waals surface area contributed by atoms with E-state index in [0.29, 0.717) is 24.4 Å². The predicted octanol–water partition coefficient (Wildman–Crippen LogP) is 2.72. The van der Waals surface area contributed by atoms with Crippen LogP contribution in [-0.2, 0) is 18.3 Å². The highest BCUT2D eigenvalue weighted by atomic mass is 16.5. The SMILES string of the molecule is CCCc1oncc1C(=O)N1CCC2(CC1)c1ccccc1C[C@H]2O. The number of carbonyl (C=O) groups excluding carboxylic acids is 1. The monoisotopic (exact) mass is 340 g/mol. The van der Waals surface area contributed by atoms with Gasteiger partial charge in [-0.2, -0.15) is 0 Å². The summed E-state index contributed by atoms with van der Waals surface area (Å²) in [7, 11) is 0. The molecule has 0 saturated carbocycles. The molecule has 1 amide bonds. The van der Waals surface area contributed by atoms with Crippen LogP contribution in [0.25, 0.3) is 0 Å². The molecule has 2 aromatic rings. The van der Waals surface area contributed by atoms with Crippen LogP contribution in [-0.4, -0.2) is 40.3 Å². The van der Waals surface area contributed by atoms with Crippen molar-refractivity contribution < 1.29 is 14.4 Å². The van der Waals surface area contributed by atoms with Gasteiger partial charge in [0.2, 0.25) is 0 Å². The Morgan fingerprint density at radius 2 is 2.12 bits per heavy atom. The van der Waals surface area contributed by atoms with E-state index < -0.39 is 0 Å². The molecule has 0 radical (unpaired) electrons. The summed E-state index contributed by atoms with van der Waals surface area (Å²) in [5, 5.41) is 14.5. The minimum atomic E-state index is -0.353. The van der Waals surface area contributed by atoms with Crippen molar-refractivity contribution in [3.63, 3.8) is 0 Å². The predicted molar refractivity (Wildman–Crippen MR) is 93.5 cm³/mol. The van der Waals surface area contributed by atoms with E-state index in [1.165, 1.54) is 17.3 Å². The molecular formula is C20H24N2O3. The van der Waals surface area contributed by atoms with E-state index in [4.69, 9.17) is 4.52 Å². The molecule has 1 aliphatic heterocycles. The van der Waals surface area contributed by atoms with Crippen LogP contribution in [0.5, 0.6) is 0 Å². The summed E-state index contributed by atoms with van der Waals surface area (Å²) in [6.45, 7) is 3.36. The molecule has 4 rings (SSSR count). The zero-order valence-electron chi connectivity index (χ0n) is 14.6. The second-order valence-electron chi connectivity index (χ2n) is 7.24. The van der Waals surface area contributed by atoms with Crippen LogP contribution >= 0.6 is 0 Å². The van der Waals surface area contributed by atoms with E-state index in [0.717, 1.165) is 32.1 Å². The summed E-state index contributed by atoms with van der Waals surface area (Å²) in [5.41, 5.74) is 2.91. The Kier molecular flexibility index (Phi) is 4.12. The topological polar surface area (TPSA) is 66.6 Å². The van der Waals surface area contributed by atoms with Crippen molar-refractivity contribution in [1.82, 2.24) is 10.1 Å². The molecule has 2 heterocycles. The molecule has 0 bridgehead atoms. The summed E-state index contributed by atoms with van der Waals surface area (Å²) < 4.78 is 5.24. The highest BCUT2D eigenvalue weighted by molar-refractivity contribution is 5.95. The normalized spacial score (nSPS) is 21.5. The quantitative estimate of drug-likeness (QED) is 0.933. The van der Waals surface area contributed by atoms with Gasteiger partial charge in [-0.25, -0.2) is 0 Å². The average Bonchev–Trinajstić information content (AvgIpc) is 3.19. The third kappa shape index (κ3) is 2.58. The summed E-state index contributed by atoms with van der Waals surface area (Å²) in [6.07, 6.45) is 5.14. The number of aliphatic hydroxyl groups is 1. The number of fused-ring (bicyclic) bond motifs is 2. The minimum absolute atomic E-state index is 0.000298. The van der Waals surface area contributed by atoms with E-state index in [1.807, 2.05) is 17.0 Å². The molecule has 1 saturated heterocycles. The van der Waals surface area contributed by atoms with Gasteiger partial charge in [-0.15, -0.1) is 0 Å². The van der Waals surface area contributed by atoms with Crippen molar-refractivity contribution in [2.45, 2.75) is 50.5 Å². The van der Waals surface area contributed by atoms with E-state index in [2.05, 4.69) is 24.2 Å². The number of piperidine rings is 1. The van der Waals surface area contributed by atoms with Gasteiger partial charge in [-0.3, -0.25) is 4.79 Å². The number of likely N-dealkylation sites (tertiary alicyclic amines) is 1. The van der Waals surface area contributed by atoms with Crippen molar-refractivity contribution in [2.24, 2.45) is 0 Å². The molecule has 0 unspecified atom stereocenters. The molecule has 1 atom stereocenters. The Morgan fingerprint density at radius 1 is 1.36 bits per heavy atom. The third-order valence-electron chi connectivity index (χ3n) is 5.90. The van der Waals surface area contributed by atoms with E-state index >= 15 is 0 Å². The highest BCUT2D eigenvalue weighted by Crippen LogP contribution is 2.46. The van der Waals surface area contributed by atoms with Crippen LogP contribution in [0.3, 0.4) is 0 Å². The standard InChI is InChI=1S/C20H24N2O3/c1-2-5-17-15(13-21-25-17)19(24)22-10-8-20(9-11-22)16-7-4-3-6-14(16)12-18(20)23/h3-4,6-7,13,18,23H,2,5,8-12H2,1H3/t18-/m1/s1. The van der Waals surface area contributed by atoms with Gasteiger partial charge < -0.3 is 14.5 Å². The van der Waals surface area contributed by atoms with Gasteiger partial charge >= 0.3 is 0 Å². The number of carbonyl (C=O) groups is 1.